The van der Waals surface area contributed by atoms with Gasteiger partial charge in [-0.25, -0.2) is 4.57 Å². The standard InChI is InChI=1S/C21H31N2/c1-15-11-7-10-14-18(15)23-16(2)19(17-12-8-9-13-17)22(6)20(23)21(3,4)5/h7,10-11,14,17H,8-9,12-13H2,1-6H3/q+1. The summed E-state index contributed by atoms with van der Waals surface area (Å²) < 4.78 is 5.01. The van der Waals surface area contributed by atoms with Crippen molar-refractivity contribution in [2.45, 2.75) is 71.6 Å². The van der Waals surface area contributed by atoms with Crippen molar-refractivity contribution in [1.29, 1.82) is 0 Å². The maximum absolute atomic E-state index is 2.52. The first-order chi connectivity index (χ1) is 10.8. The largest absolute Gasteiger partial charge is 0.267 e. The maximum Gasteiger partial charge on any atom is 0.267 e. The van der Waals surface area contributed by atoms with Gasteiger partial charge in [-0.1, -0.05) is 31.0 Å². The van der Waals surface area contributed by atoms with E-state index < -0.39 is 0 Å². The van der Waals surface area contributed by atoms with E-state index in [0.29, 0.717) is 0 Å². The van der Waals surface area contributed by atoms with E-state index in [0.717, 1.165) is 5.92 Å². The number of hydrogen-bond acceptors (Lipinski definition) is 0. The van der Waals surface area contributed by atoms with E-state index in [1.54, 1.807) is 5.69 Å². The summed E-state index contributed by atoms with van der Waals surface area (Å²) in [5, 5.41) is 0. The Hall–Kier alpha value is -1.57. The molecule has 0 unspecified atom stereocenters. The summed E-state index contributed by atoms with van der Waals surface area (Å²) in [7, 11) is 2.27. The zero-order chi connectivity index (χ0) is 16.8. The van der Waals surface area contributed by atoms with E-state index in [1.165, 1.54) is 48.5 Å². The third-order valence-electron chi connectivity index (χ3n) is 5.37. The average Bonchev–Trinajstić information content (AvgIpc) is 3.05. The zero-order valence-electron chi connectivity index (χ0n) is 15.6. The van der Waals surface area contributed by atoms with Crippen LogP contribution in [0.3, 0.4) is 0 Å². The molecule has 0 saturated heterocycles. The minimum atomic E-state index is 0.110. The van der Waals surface area contributed by atoms with E-state index in [-0.39, 0.29) is 5.41 Å². The number of imidazole rings is 1. The van der Waals surface area contributed by atoms with E-state index in [4.69, 9.17) is 0 Å². The second kappa shape index (κ2) is 5.81. The summed E-state index contributed by atoms with van der Waals surface area (Å²) >= 11 is 0. The topological polar surface area (TPSA) is 8.81 Å². The fourth-order valence-electron chi connectivity index (χ4n) is 4.50. The van der Waals surface area contributed by atoms with Crippen molar-refractivity contribution >= 4 is 0 Å². The van der Waals surface area contributed by atoms with Gasteiger partial charge in [-0.3, -0.25) is 0 Å². The molecule has 0 bridgehead atoms. The molecule has 1 fully saturated rings. The second-order valence-electron chi connectivity index (χ2n) is 8.21. The second-order valence-corrected chi connectivity index (χ2v) is 8.21. The normalized spacial score (nSPS) is 16.3. The third kappa shape index (κ3) is 2.73. The lowest BCUT2D eigenvalue weighted by Crippen LogP contribution is -2.42. The van der Waals surface area contributed by atoms with E-state index >= 15 is 0 Å². The Morgan fingerprint density at radius 2 is 1.65 bits per heavy atom. The molecule has 2 nitrogen and oxygen atoms in total. The van der Waals surface area contributed by atoms with Gasteiger partial charge >= 0.3 is 0 Å². The SMILES string of the molecule is Cc1ccccc1-n1c(C)c(C2CCCC2)[n+](C)c1C(C)(C)C. The molecule has 0 radical (unpaired) electrons. The molecule has 1 aromatic carbocycles. The summed E-state index contributed by atoms with van der Waals surface area (Å²) in [6, 6.07) is 8.77. The molecule has 1 heterocycles. The molecular formula is C21H31N2+. The molecule has 2 aromatic rings. The van der Waals surface area contributed by atoms with Crippen LogP contribution in [0.25, 0.3) is 5.69 Å². The maximum atomic E-state index is 2.52. The van der Waals surface area contributed by atoms with Crippen LogP contribution < -0.4 is 4.57 Å². The fraction of sp³-hybridized carbons (Fsp3) is 0.571. The van der Waals surface area contributed by atoms with E-state index in [9.17, 15) is 0 Å². The lowest BCUT2D eigenvalue weighted by molar-refractivity contribution is -0.690. The smallest absolute Gasteiger partial charge is 0.233 e. The van der Waals surface area contributed by atoms with Crippen LogP contribution in [-0.4, -0.2) is 4.57 Å². The average molecular weight is 311 g/mol. The highest BCUT2D eigenvalue weighted by atomic mass is 15.2. The van der Waals surface area contributed by atoms with Gasteiger partial charge in [0.15, 0.2) is 0 Å². The number of aromatic nitrogens is 2. The van der Waals surface area contributed by atoms with Crippen LogP contribution >= 0.6 is 0 Å². The van der Waals surface area contributed by atoms with Gasteiger partial charge in [-0.2, -0.15) is 4.57 Å². The summed E-state index contributed by atoms with van der Waals surface area (Å²) in [6.45, 7) is 11.5. The van der Waals surface area contributed by atoms with Gasteiger partial charge in [0, 0.05) is 12.8 Å². The predicted octanol–water partition coefficient (Wildman–Crippen LogP) is 4.87. The number of nitrogens with zero attached hydrogens (tertiary/aromatic N) is 2. The number of para-hydroxylation sites is 1. The minimum absolute atomic E-state index is 0.110. The van der Waals surface area contributed by atoms with Crippen molar-refractivity contribution in [2.75, 3.05) is 0 Å². The Morgan fingerprint density at radius 3 is 2.22 bits per heavy atom. The van der Waals surface area contributed by atoms with Crippen LogP contribution in [0.2, 0.25) is 0 Å². The lowest BCUT2D eigenvalue weighted by atomic mass is 9.95. The summed E-state index contributed by atoms with van der Waals surface area (Å²) in [4.78, 5) is 0. The molecule has 0 spiro atoms. The lowest BCUT2D eigenvalue weighted by Gasteiger charge is -2.17. The quantitative estimate of drug-likeness (QED) is 0.699. The molecule has 1 aromatic heterocycles. The highest BCUT2D eigenvalue weighted by molar-refractivity contribution is 5.43. The van der Waals surface area contributed by atoms with Gasteiger partial charge in [0.25, 0.3) is 5.82 Å². The molecule has 1 aliphatic carbocycles. The molecular weight excluding hydrogens is 280 g/mol. The Kier molecular flexibility index (Phi) is 4.12. The number of hydrogen-bond donors (Lipinski definition) is 0. The van der Waals surface area contributed by atoms with Crippen LogP contribution in [0.5, 0.6) is 0 Å². The Balaban J connectivity index is 2.30. The first kappa shape index (κ1) is 16.3. The Morgan fingerprint density at radius 1 is 1.04 bits per heavy atom. The van der Waals surface area contributed by atoms with Crippen molar-refractivity contribution in [2.24, 2.45) is 7.05 Å². The molecule has 0 N–H and O–H groups in total. The van der Waals surface area contributed by atoms with Crippen LogP contribution in [0.1, 0.15) is 75.1 Å². The minimum Gasteiger partial charge on any atom is -0.233 e. The molecule has 124 valence electrons. The predicted molar refractivity (Wildman–Crippen MR) is 96.3 cm³/mol. The van der Waals surface area contributed by atoms with Crippen molar-refractivity contribution in [3.8, 4) is 5.69 Å². The summed E-state index contributed by atoms with van der Waals surface area (Å²) in [5.74, 6) is 2.14. The molecule has 23 heavy (non-hydrogen) atoms. The van der Waals surface area contributed by atoms with Crippen LogP contribution in [0.15, 0.2) is 24.3 Å². The van der Waals surface area contributed by atoms with Gasteiger partial charge in [0.1, 0.15) is 17.1 Å². The fourth-order valence-corrected chi connectivity index (χ4v) is 4.50. The highest BCUT2D eigenvalue weighted by Crippen LogP contribution is 2.37. The monoisotopic (exact) mass is 311 g/mol. The van der Waals surface area contributed by atoms with Gasteiger partial charge in [-0.05, 0) is 52.2 Å². The van der Waals surface area contributed by atoms with Crippen LogP contribution in [0.4, 0.5) is 0 Å². The molecule has 0 amide bonds. The van der Waals surface area contributed by atoms with Crippen molar-refractivity contribution in [1.82, 2.24) is 4.57 Å². The van der Waals surface area contributed by atoms with Crippen LogP contribution in [-0.2, 0) is 12.5 Å². The molecule has 1 aliphatic rings. The summed E-state index contributed by atoms with van der Waals surface area (Å²) in [5.41, 5.74) is 5.76. The molecule has 0 aliphatic heterocycles. The van der Waals surface area contributed by atoms with E-state index in [2.05, 4.69) is 75.1 Å². The van der Waals surface area contributed by atoms with Crippen molar-refractivity contribution < 1.29 is 4.57 Å². The van der Waals surface area contributed by atoms with Gasteiger partial charge in [0.05, 0.1) is 12.5 Å². The van der Waals surface area contributed by atoms with Crippen molar-refractivity contribution in [3.05, 3.63) is 47.0 Å². The Labute approximate surface area is 141 Å². The van der Waals surface area contributed by atoms with Crippen molar-refractivity contribution in [3.63, 3.8) is 0 Å². The van der Waals surface area contributed by atoms with Gasteiger partial charge in [-0.15, -0.1) is 0 Å². The number of aryl methyl sites for hydroxylation is 1. The summed E-state index contributed by atoms with van der Waals surface area (Å²) in [6.07, 6.45) is 5.45. The number of rotatable bonds is 2. The van der Waals surface area contributed by atoms with Crippen LogP contribution in [0, 0.1) is 13.8 Å². The van der Waals surface area contributed by atoms with E-state index in [1.807, 2.05) is 0 Å². The van der Waals surface area contributed by atoms with Gasteiger partial charge in [0.2, 0.25) is 0 Å². The molecule has 1 saturated carbocycles. The van der Waals surface area contributed by atoms with Gasteiger partial charge < -0.3 is 0 Å². The zero-order valence-corrected chi connectivity index (χ0v) is 15.6. The first-order valence-electron chi connectivity index (χ1n) is 9.00. The highest BCUT2D eigenvalue weighted by Gasteiger charge is 2.38. The number of benzene rings is 1. The molecule has 0 atom stereocenters. The first-order valence-corrected chi connectivity index (χ1v) is 9.00. The molecule has 2 heteroatoms. The Bertz CT molecular complexity index is 710. The molecule has 3 rings (SSSR count). The third-order valence-corrected chi connectivity index (χ3v) is 5.37.